The van der Waals surface area contributed by atoms with E-state index in [1.807, 2.05) is 18.2 Å². The van der Waals surface area contributed by atoms with Gasteiger partial charge in [-0.2, -0.15) is 0 Å². The van der Waals surface area contributed by atoms with Crippen molar-refractivity contribution in [1.29, 1.82) is 0 Å². The van der Waals surface area contributed by atoms with Gasteiger partial charge in [0, 0.05) is 23.7 Å². The SMILES string of the molecule is NC(Cc1ccc2c(c1)Nc1nccnc1S2)=NCCO. The van der Waals surface area contributed by atoms with Crippen molar-refractivity contribution in [2.24, 2.45) is 10.7 Å². The average Bonchev–Trinajstić information content (AvgIpc) is 2.51. The normalized spacial score (nSPS) is 13.3. The molecule has 21 heavy (non-hydrogen) atoms. The van der Waals surface area contributed by atoms with Crippen LogP contribution in [0.15, 0.2) is 45.5 Å². The molecule has 3 rings (SSSR count). The minimum absolute atomic E-state index is 0.0124. The molecule has 0 saturated carbocycles. The van der Waals surface area contributed by atoms with Gasteiger partial charge in [0.15, 0.2) is 5.82 Å². The maximum atomic E-state index is 8.74. The molecule has 0 atom stereocenters. The van der Waals surface area contributed by atoms with E-state index in [9.17, 15) is 0 Å². The van der Waals surface area contributed by atoms with Crippen molar-refractivity contribution >= 4 is 29.1 Å². The summed E-state index contributed by atoms with van der Waals surface area (Å²) in [4.78, 5) is 13.8. The molecule has 0 unspecified atom stereocenters. The third kappa shape index (κ3) is 3.14. The number of benzene rings is 1. The van der Waals surface area contributed by atoms with Crippen LogP contribution in [0.25, 0.3) is 0 Å². The van der Waals surface area contributed by atoms with Gasteiger partial charge in [0.2, 0.25) is 0 Å². The fourth-order valence-corrected chi connectivity index (χ4v) is 2.93. The first-order chi connectivity index (χ1) is 10.3. The predicted octanol–water partition coefficient (Wildman–Crippen LogP) is 1.58. The van der Waals surface area contributed by atoms with Gasteiger partial charge in [0.1, 0.15) is 5.03 Å². The molecular weight excluding hydrogens is 286 g/mol. The highest BCUT2D eigenvalue weighted by molar-refractivity contribution is 7.99. The summed E-state index contributed by atoms with van der Waals surface area (Å²) >= 11 is 1.59. The highest BCUT2D eigenvalue weighted by atomic mass is 32.2. The van der Waals surface area contributed by atoms with Crippen LogP contribution in [0.4, 0.5) is 11.5 Å². The molecule has 6 nitrogen and oxygen atoms in total. The molecule has 0 amide bonds. The molecule has 7 heteroatoms. The van der Waals surface area contributed by atoms with Gasteiger partial charge in [0.05, 0.1) is 24.7 Å². The van der Waals surface area contributed by atoms with Gasteiger partial charge in [0.25, 0.3) is 0 Å². The highest BCUT2D eigenvalue weighted by Gasteiger charge is 2.17. The summed E-state index contributed by atoms with van der Waals surface area (Å²) in [5.74, 6) is 1.29. The van der Waals surface area contributed by atoms with Gasteiger partial charge in [-0.3, -0.25) is 4.99 Å². The Balaban J connectivity index is 1.80. The number of amidine groups is 1. The largest absolute Gasteiger partial charge is 0.394 e. The fraction of sp³-hybridized carbons (Fsp3) is 0.214. The Morgan fingerprint density at radius 1 is 1.33 bits per heavy atom. The van der Waals surface area contributed by atoms with Crippen LogP contribution in [0.2, 0.25) is 0 Å². The molecule has 0 fully saturated rings. The molecule has 0 saturated heterocycles. The molecule has 1 aliphatic rings. The van der Waals surface area contributed by atoms with Gasteiger partial charge in [-0.1, -0.05) is 17.8 Å². The van der Waals surface area contributed by atoms with Crippen LogP contribution in [0, 0.1) is 0 Å². The van der Waals surface area contributed by atoms with E-state index >= 15 is 0 Å². The number of aliphatic imine (C=N–C) groups is 1. The zero-order valence-corrected chi connectivity index (χ0v) is 12.1. The molecule has 1 aliphatic heterocycles. The van der Waals surface area contributed by atoms with Crippen LogP contribution in [-0.4, -0.2) is 34.1 Å². The number of fused-ring (bicyclic) bond motifs is 2. The molecule has 1 aromatic carbocycles. The standard InChI is InChI=1S/C14H15N5OS/c15-12(16-5-6-20)8-9-1-2-11-10(7-9)19-13-14(21-11)18-4-3-17-13/h1-4,7,20H,5-6,8H2,(H2,15,16)(H,17,19). The third-order valence-electron chi connectivity index (χ3n) is 2.97. The number of aliphatic hydroxyl groups is 1. The van der Waals surface area contributed by atoms with Gasteiger partial charge in [-0.25, -0.2) is 9.97 Å². The quantitative estimate of drug-likeness (QED) is 0.500. The summed E-state index contributed by atoms with van der Waals surface area (Å²) in [6.45, 7) is 0.354. The van der Waals surface area contributed by atoms with E-state index in [0.717, 1.165) is 27.0 Å². The number of hydrogen-bond donors (Lipinski definition) is 3. The maximum Gasteiger partial charge on any atom is 0.163 e. The number of aliphatic hydroxyl groups excluding tert-OH is 1. The maximum absolute atomic E-state index is 8.74. The molecule has 0 spiro atoms. The second-order valence-electron chi connectivity index (χ2n) is 4.54. The monoisotopic (exact) mass is 301 g/mol. The number of nitrogens with zero attached hydrogens (tertiary/aromatic N) is 3. The molecule has 4 N–H and O–H groups in total. The second-order valence-corrected chi connectivity index (χ2v) is 5.57. The summed E-state index contributed by atoms with van der Waals surface area (Å²) in [6.07, 6.45) is 3.92. The van der Waals surface area contributed by atoms with Crippen LogP contribution >= 0.6 is 11.8 Å². The topological polar surface area (TPSA) is 96.4 Å². The first kappa shape index (κ1) is 13.8. The van der Waals surface area contributed by atoms with Crippen molar-refractivity contribution < 1.29 is 5.11 Å². The van der Waals surface area contributed by atoms with Crippen molar-refractivity contribution in [3.8, 4) is 0 Å². The van der Waals surface area contributed by atoms with Crippen molar-refractivity contribution in [2.75, 3.05) is 18.5 Å². The van der Waals surface area contributed by atoms with Gasteiger partial charge in [-0.15, -0.1) is 0 Å². The first-order valence-electron chi connectivity index (χ1n) is 6.55. The summed E-state index contributed by atoms with van der Waals surface area (Å²) in [6, 6.07) is 6.11. The van der Waals surface area contributed by atoms with Gasteiger partial charge in [-0.05, 0) is 17.7 Å². The van der Waals surface area contributed by atoms with Gasteiger partial charge < -0.3 is 16.2 Å². The average molecular weight is 301 g/mol. The lowest BCUT2D eigenvalue weighted by molar-refractivity contribution is 0.307. The Morgan fingerprint density at radius 2 is 2.19 bits per heavy atom. The Kier molecular flexibility index (Phi) is 4.03. The number of aromatic nitrogens is 2. The first-order valence-corrected chi connectivity index (χ1v) is 7.36. The minimum Gasteiger partial charge on any atom is -0.394 e. The van der Waals surface area contributed by atoms with E-state index in [4.69, 9.17) is 10.8 Å². The van der Waals surface area contributed by atoms with E-state index in [0.29, 0.717) is 18.8 Å². The van der Waals surface area contributed by atoms with Crippen LogP contribution in [0.3, 0.4) is 0 Å². The van der Waals surface area contributed by atoms with Crippen LogP contribution in [0.1, 0.15) is 5.56 Å². The summed E-state index contributed by atoms with van der Waals surface area (Å²) in [7, 11) is 0. The van der Waals surface area contributed by atoms with Gasteiger partial charge >= 0.3 is 0 Å². The lowest BCUT2D eigenvalue weighted by Crippen LogP contribution is -2.16. The van der Waals surface area contributed by atoms with Crippen LogP contribution in [-0.2, 0) is 6.42 Å². The molecule has 108 valence electrons. The molecule has 1 aromatic heterocycles. The summed E-state index contributed by atoms with van der Waals surface area (Å²) in [5, 5.41) is 12.9. The van der Waals surface area contributed by atoms with Crippen molar-refractivity contribution in [3.63, 3.8) is 0 Å². The predicted molar refractivity (Wildman–Crippen MR) is 83.2 cm³/mol. The molecule has 0 radical (unpaired) electrons. The number of rotatable bonds is 4. The third-order valence-corrected chi connectivity index (χ3v) is 4.04. The Bertz CT molecular complexity index is 689. The molecule has 0 bridgehead atoms. The zero-order valence-electron chi connectivity index (χ0n) is 11.3. The smallest absolute Gasteiger partial charge is 0.163 e. The van der Waals surface area contributed by atoms with Crippen LogP contribution < -0.4 is 11.1 Å². The van der Waals surface area contributed by atoms with E-state index in [1.54, 1.807) is 24.2 Å². The number of anilines is 2. The molecule has 0 aliphatic carbocycles. The number of nitrogens with one attached hydrogen (secondary N) is 1. The van der Waals surface area contributed by atoms with Crippen molar-refractivity contribution in [1.82, 2.24) is 9.97 Å². The van der Waals surface area contributed by atoms with E-state index < -0.39 is 0 Å². The minimum atomic E-state index is 0.0124. The zero-order chi connectivity index (χ0) is 14.7. The number of hydrogen-bond acceptors (Lipinski definition) is 6. The Labute approximate surface area is 126 Å². The number of nitrogens with two attached hydrogens (primary N) is 1. The summed E-state index contributed by atoms with van der Waals surface area (Å²) in [5.41, 5.74) is 7.90. The second kappa shape index (κ2) is 6.11. The lowest BCUT2D eigenvalue weighted by atomic mass is 10.1. The Morgan fingerprint density at radius 3 is 3.05 bits per heavy atom. The van der Waals surface area contributed by atoms with E-state index in [-0.39, 0.29) is 6.61 Å². The highest BCUT2D eigenvalue weighted by Crippen LogP contribution is 2.41. The Hall–Kier alpha value is -2.12. The fourth-order valence-electron chi connectivity index (χ4n) is 2.05. The molecule has 2 heterocycles. The van der Waals surface area contributed by atoms with Crippen LogP contribution in [0.5, 0.6) is 0 Å². The lowest BCUT2D eigenvalue weighted by Gasteiger charge is -2.19. The van der Waals surface area contributed by atoms with Crippen molar-refractivity contribution in [2.45, 2.75) is 16.3 Å². The summed E-state index contributed by atoms with van der Waals surface area (Å²) < 4.78 is 0. The van der Waals surface area contributed by atoms with E-state index in [1.165, 1.54) is 0 Å². The molecular formula is C14H15N5OS. The van der Waals surface area contributed by atoms with E-state index in [2.05, 4.69) is 20.3 Å². The molecule has 2 aromatic rings. The van der Waals surface area contributed by atoms with Crippen molar-refractivity contribution in [3.05, 3.63) is 36.2 Å².